The van der Waals surface area contributed by atoms with Gasteiger partial charge in [0.15, 0.2) is 0 Å². The van der Waals surface area contributed by atoms with Crippen LogP contribution in [0.25, 0.3) is 0 Å². The largest absolute Gasteiger partial charge is 0.352 e. The summed E-state index contributed by atoms with van der Waals surface area (Å²) in [6.45, 7) is 9.50. The van der Waals surface area contributed by atoms with Crippen molar-refractivity contribution >= 4 is 27.5 Å². The van der Waals surface area contributed by atoms with E-state index in [0.717, 1.165) is 26.6 Å². The van der Waals surface area contributed by atoms with E-state index < -0.39 is 28.5 Å². The molecular formula is C37H43N3O4S. The van der Waals surface area contributed by atoms with Gasteiger partial charge in [-0.3, -0.25) is 13.9 Å². The van der Waals surface area contributed by atoms with E-state index in [-0.39, 0.29) is 35.7 Å². The van der Waals surface area contributed by atoms with Gasteiger partial charge in [-0.2, -0.15) is 0 Å². The molecule has 8 heteroatoms. The molecule has 7 nitrogen and oxygen atoms in total. The van der Waals surface area contributed by atoms with Crippen LogP contribution in [0.1, 0.15) is 55.9 Å². The number of carbonyl (C=O) groups excluding carboxylic acids is 2. The minimum absolute atomic E-state index is 0.0783. The van der Waals surface area contributed by atoms with Crippen LogP contribution in [-0.4, -0.2) is 43.8 Å². The number of hydrogen-bond donors (Lipinski definition) is 1. The first-order valence-corrected chi connectivity index (χ1v) is 16.8. The van der Waals surface area contributed by atoms with Crippen LogP contribution in [-0.2, 0) is 32.6 Å². The first-order valence-electron chi connectivity index (χ1n) is 15.3. The van der Waals surface area contributed by atoms with Crippen molar-refractivity contribution in [3.8, 4) is 0 Å². The molecule has 0 radical (unpaired) electrons. The van der Waals surface area contributed by atoms with Gasteiger partial charge in [0.1, 0.15) is 12.6 Å². The Morgan fingerprint density at radius 3 is 1.91 bits per heavy atom. The number of amides is 2. The predicted octanol–water partition coefficient (Wildman–Crippen LogP) is 6.48. The average Bonchev–Trinajstić information content (AvgIpc) is 3.02. The van der Waals surface area contributed by atoms with Gasteiger partial charge in [-0.1, -0.05) is 98.8 Å². The van der Waals surface area contributed by atoms with Gasteiger partial charge in [0.2, 0.25) is 11.8 Å². The van der Waals surface area contributed by atoms with Crippen molar-refractivity contribution in [2.24, 2.45) is 0 Å². The molecule has 4 rings (SSSR count). The van der Waals surface area contributed by atoms with E-state index in [1.807, 2.05) is 87.5 Å². The summed E-state index contributed by atoms with van der Waals surface area (Å²) >= 11 is 0. The maximum atomic E-state index is 14.6. The van der Waals surface area contributed by atoms with Crippen LogP contribution in [0.4, 0.5) is 5.69 Å². The van der Waals surface area contributed by atoms with Crippen molar-refractivity contribution in [3.63, 3.8) is 0 Å². The number of nitrogens with one attached hydrogen (secondary N) is 1. The van der Waals surface area contributed by atoms with Crippen LogP contribution in [0.3, 0.4) is 0 Å². The zero-order valence-electron chi connectivity index (χ0n) is 26.7. The summed E-state index contributed by atoms with van der Waals surface area (Å²) in [6.07, 6.45) is 0.269. The summed E-state index contributed by atoms with van der Waals surface area (Å²) in [5.74, 6) is -0.525. The molecule has 0 heterocycles. The highest BCUT2D eigenvalue weighted by molar-refractivity contribution is 7.92. The van der Waals surface area contributed by atoms with E-state index in [1.165, 1.54) is 17.0 Å². The molecule has 236 valence electrons. The molecule has 1 atom stereocenters. The van der Waals surface area contributed by atoms with Gasteiger partial charge < -0.3 is 10.2 Å². The number of sulfonamides is 1. The third-order valence-electron chi connectivity index (χ3n) is 7.76. The molecule has 0 aliphatic heterocycles. The van der Waals surface area contributed by atoms with Gasteiger partial charge in [-0.15, -0.1) is 0 Å². The highest BCUT2D eigenvalue weighted by Crippen LogP contribution is 2.27. The quantitative estimate of drug-likeness (QED) is 0.184. The van der Waals surface area contributed by atoms with E-state index in [9.17, 15) is 18.0 Å². The van der Waals surface area contributed by atoms with E-state index in [0.29, 0.717) is 5.69 Å². The number of hydrogen-bond acceptors (Lipinski definition) is 4. The van der Waals surface area contributed by atoms with Crippen molar-refractivity contribution in [3.05, 3.63) is 131 Å². The van der Waals surface area contributed by atoms with Crippen molar-refractivity contribution in [1.29, 1.82) is 0 Å². The molecule has 2 amide bonds. The van der Waals surface area contributed by atoms with E-state index in [1.54, 1.807) is 30.3 Å². The van der Waals surface area contributed by atoms with Crippen LogP contribution in [0.2, 0.25) is 0 Å². The number of carbonyl (C=O) groups is 2. The Kier molecular flexibility index (Phi) is 11.2. The zero-order valence-corrected chi connectivity index (χ0v) is 27.5. The number of benzene rings is 4. The first kappa shape index (κ1) is 33.5. The summed E-state index contributed by atoms with van der Waals surface area (Å²) in [5, 5.41) is 2.99. The molecular weight excluding hydrogens is 582 g/mol. The van der Waals surface area contributed by atoms with Gasteiger partial charge in [-0.25, -0.2) is 8.42 Å². The number of rotatable bonds is 13. The summed E-state index contributed by atoms with van der Waals surface area (Å²) < 4.78 is 29.4. The minimum Gasteiger partial charge on any atom is -0.352 e. The van der Waals surface area contributed by atoms with Crippen LogP contribution in [0, 0.1) is 6.92 Å². The Bertz CT molecular complexity index is 1670. The van der Waals surface area contributed by atoms with Gasteiger partial charge in [0.05, 0.1) is 10.6 Å². The van der Waals surface area contributed by atoms with E-state index >= 15 is 0 Å². The predicted molar refractivity (Wildman–Crippen MR) is 180 cm³/mol. The van der Waals surface area contributed by atoms with Gasteiger partial charge >= 0.3 is 0 Å². The van der Waals surface area contributed by atoms with Crippen LogP contribution in [0.15, 0.2) is 114 Å². The fourth-order valence-corrected chi connectivity index (χ4v) is 6.61. The standard InChI is InChI=1S/C37H43N3O4S/c1-27(2)31-20-22-33(23-21-31)40(45(43,44)34-18-10-7-11-19-34)26-36(41)39(25-32-17-13-12-14-29(32)5)35(37(42)38-28(3)4)24-30-15-8-6-9-16-30/h6-23,27-28,35H,24-26H2,1-5H3,(H,38,42)/t35-/m1/s1. The molecule has 45 heavy (non-hydrogen) atoms. The fourth-order valence-electron chi connectivity index (χ4n) is 5.18. The van der Waals surface area contributed by atoms with E-state index in [2.05, 4.69) is 19.2 Å². The second kappa shape index (κ2) is 15.0. The third-order valence-corrected chi connectivity index (χ3v) is 9.55. The lowest BCUT2D eigenvalue weighted by Crippen LogP contribution is -2.54. The molecule has 0 bridgehead atoms. The van der Waals surface area contributed by atoms with Crippen LogP contribution < -0.4 is 9.62 Å². The van der Waals surface area contributed by atoms with Crippen molar-refractivity contribution in [2.45, 2.75) is 70.5 Å². The average molecular weight is 626 g/mol. The molecule has 0 aromatic heterocycles. The summed E-state index contributed by atoms with van der Waals surface area (Å²) in [6, 6.07) is 31.6. The lowest BCUT2D eigenvalue weighted by molar-refractivity contribution is -0.140. The highest BCUT2D eigenvalue weighted by Gasteiger charge is 2.35. The molecule has 0 saturated heterocycles. The number of anilines is 1. The highest BCUT2D eigenvalue weighted by atomic mass is 32.2. The van der Waals surface area contributed by atoms with Crippen LogP contribution in [0.5, 0.6) is 0 Å². The molecule has 0 aliphatic carbocycles. The lowest BCUT2D eigenvalue weighted by Gasteiger charge is -2.34. The molecule has 4 aromatic carbocycles. The Morgan fingerprint density at radius 2 is 1.33 bits per heavy atom. The Labute approximate surface area is 268 Å². The van der Waals surface area contributed by atoms with Gasteiger partial charge in [-0.05, 0) is 73.2 Å². The van der Waals surface area contributed by atoms with Crippen molar-refractivity contribution in [1.82, 2.24) is 10.2 Å². The number of aryl methyl sites for hydroxylation is 1. The maximum Gasteiger partial charge on any atom is 0.264 e. The third kappa shape index (κ3) is 8.60. The lowest BCUT2D eigenvalue weighted by atomic mass is 10.0. The smallest absolute Gasteiger partial charge is 0.264 e. The number of nitrogens with zero attached hydrogens (tertiary/aromatic N) is 2. The second-order valence-electron chi connectivity index (χ2n) is 11.9. The second-order valence-corrected chi connectivity index (χ2v) is 13.8. The first-order chi connectivity index (χ1) is 21.5. The Morgan fingerprint density at radius 1 is 0.756 bits per heavy atom. The monoisotopic (exact) mass is 625 g/mol. The van der Waals surface area contributed by atoms with E-state index in [4.69, 9.17) is 0 Å². The molecule has 0 fully saturated rings. The summed E-state index contributed by atoms with van der Waals surface area (Å²) in [7, 11) is -4.14. The van der Waals surface area contributed by atoms with Crippen LogP contribution >= 0.6 is 0 Å². The summed E-state index contributed by atoms with van der Waals surface area (Å²) in [5.41, 5.74) is 4.16. The minimum atomic E-state index is -4.14. The van der Waals surface area contributed by atoms with Gasteiger partial charge in [0, 0.05) is 19.0 Å². The zero-order chi connectivity index (χ0) is 32.6. The molecule has 0 saturated carbocycles. The maximum absolute atomic E-state index is 14.6. The van der Waals surface area contributed by atoms with Crippen molar-refractivity contribution < 1.29 is 18.0 Å². The topological polar surface area (TPSA) is 86.8 Å². The molecule has 4 aromatic rings. The normalized spacial score (nSPS) is 12.2. The molecule has 1 N–H and O–H groups in total. The molecule has 0 spiro atoms. The van der Waals surface area contributed by atoms with Crippen molar-refractivity contribution in [2.75, 3.05) is 10.8 Å². The van der Waals surface area contributed by atoms with Gasteiger partial charge in [0.25, 0.3) is 10.0 Å². The summed E-state index contributed by atoms with van der Waals surface area (Å²) in [4.78, 5) is 30.0. The molecule has 0 aliphatic rings. The molecule has 0 unspecified atom stereocenters. The Hall–Kier alpha value is -4.43. The Balaban J connectivity index is 1.81. The fraction of sp³-hybridized carbons (Fsp3) is 0.297. The SMILES string of the molecule is Cc1ccccc1CN(C(=O)CN(c1ccc(C(C)C)cc1)S(=O)(=O)c1ccccc1)[C@H](Cc1ccccc1)C(=O)NC(C)C.